The first-order valence-electron chi connectivity index (χ1n) is 8.06. The average molecular weight is 296 g/mol. The van der Waals surface area contributed by atoms with Crippen molar-refractivity contribution in [1.29, 1.82) is 0 Å². The van der Waals surface area contributed by atoms with Gasteiger partial charge in [0.15, 0.2) is 0 Å². The number of amides is 2. The Labute approximate surface area is 127 Å². The van der Waals surface area contributed by atoms with E-state index in [0.717, 1.165) is 32.5 Å². The van der Waals surface area contributed by atoms with Gasteiger partial charge >= 0.3 is 0 Å². The maximum Gasteiger partial charge on any atom is 0.239 e. The van der Waals surface area contributed by atoms with E-state index in [2.05, 4.69) is 15.5 Å². The van der Waals surface area contributed by atoms with Crippen molar-refractivity contribution in [3.63, 3.8) is 0 Å². The lowest BCUT2D eigenvalue weighted by Gasteiger charge is -2.35. The van der Waals surface area contributed by atoms with Crippen LogP contribution in [0, 0.1) is 5.92 Å². The Hall–Kier alpha value is -1.14. The second-order valence-electron chi connectivity index (χ2n) is 6.23. The first kappa shape index (κ1) is 16.2. The standard InChI is InChI=1S/C15H28N4O2/c1-3-6-17-14(20)10-18(2)15(21)11-19-8-5-13-12(9-19)4-7-16-13/h12-13,16H,3-11H2,1-2H3,(H,17,20). The highest BCUT2D eigenvalue weighted by Gasteiger charge is 2.33. The van der Waals surface area contributed by atoms with Crippen molar-refractivity contribution in [3.05, 3.63) is 0 Å². The second kappa shape index (κ2) is 7.75. The number of hydrogen-bond acceptors (Lipinski definition) is 4. The number of nitrogens with zero attached hydrogens (tertiary/aromatic N) is 2. The topological polar surface area (TPSA) is 64.7 Å². The Kier molecular flexibility index (Phi) is 5.99. The minimum absolute atomic E-state index is 0.0334. The maximum absolute atomic E-state index is 12.2. The Morgan fingerprint density at radius 3 is 2.95 bits per heavy atom. The van der Waals surface area contributed by atoms with E-state index in [9.17, 15) is 9.59 Å². The molecule has 2 fully saturated rings. The summed E-state index contributed by atoms with van der Waals surface area (Å²) in [5.74, 6) is 0.641. The van der Waals surface area contributed by atoms with Crippen LogP contribution in [0.4, 0.5) is 0 Å². The van der Waals surface area contributed by atoms with Gasteiger partial charge in [0, 0.05) is 32.7 Å². The third kappa shape index (κ3) is 4.68. The quantitative estimate of drug-likeness (QED) is 0.703. The Balaban J connectivity index is 1.72. The van der Waals surface area contributed by atoms with Gasteiger partial charge in [-0.05, 0) is 31.7 Å². The molecule has 2 saturated heterocycles. The molecule has 0 saturated carbocycles. The molecule has 0 aromatic heterocycles. The number of carbonyl (C=O) groups is 2. The number of piperidine rings is 1. The fourth-order valence-electron chi connectivity index (χ4n) is 3.20. The molecule has 2 N–H and O–H groups in total. The highest BCUT2D eigenvalue weighted by Crippen LogP contribution is 2.24. The molecule has 2 unspecified atom stereocenters. The van der Waals surface area contributed by atoms with E-state index < -0.39 is 0 Å². The van der Waals surface area contributed by atoms with E-state index in [1.165, 1.54) is 11.3 Å². The van der Waals surface area contributed by atoms with Crippen molar-refractivity contribution in [3.8, 4) is 0 Å². The normalized spacial score (nSPS) is 25.4. The molecule has 21 heavy (non-hydrogen) atoms. The van der Waals surface area contributed by atoms with Crippen molar-refractivity contribution in [1.82, 2.24) is 20.4 Å². The van der Waals surface area contributed by atoms with Gasteiger partial charge in [0.2, 0.25) is 11.8 Å². The molecule has 0 aromatic carbocycles. The van der Waals surface area contributed by atoms with Gasteiger partial charge in [-0.3, -0.25) is 14.5 Å². The van der Waals surface area contributed by atoms with Crippen LogP contribution in [-0.4, -0.2) is 74.0 Å². The summed E-state index contributed by atoms with van der Waals surface area (Å²) < 4.78 is 0. The van der Waals surface area contributed by atoms with Crippen LogP contribution in [0.25, 0.3) is 0 Å². The molecule has 6 nitrogen and oxygen atoms in total. The lowest BCUT2D eigenvalue weighted by atomic mass is 9.93. The fourth-order valence-corrected chi connectivity index (χ4v) is 3.20. The van der Waals surface area contributed by atoms with Gasteiger partial charge < -0.3 is 15.5 Å². The summed E-state index contributed by atoms with van der Waals surface area (Å²) in [6.07, 6.45) is 3.25. The molecule has 2 heterocycles. The smallest absolute Gasteiger partial charge is 0.239 e. The number of likely N-dealkylation sites (N-methyl/N-ethyl adjacent to an activating group) is 1. The molecular formula is C15H28N4O2. The molecular weight excluding hydrogens is 268 g/mol. The molecule has 2 atom stereocenters. The van der Waals surface area contributed by atoms with Gasteiger partial charge in [-0.15, -0.1) is 0 Å². The zero-order valence-corrected chi connectivity index (χ0v) is 13.2. The maximum atomic E-state index is 12.2. The molecule has 0 aliphatic carbocycles. The predicted octanol–water partition coefficient (Wildman–Crippen LogP) is -0.345. The SMILES string of the molecule is CCCNC(=O)CN(C)C(=O)CN1CCC2NCCC2C1. The van der Waals surface area contributed by atoms with Crippen LogP contribution in [0.15, 0.2) is 0 Å². The van der Waals surface area contributed by atoms with E-state index >= 15 is 0 Å². The van der Waals surface area contributed by atoms with Crippen LogP contribution in [0.3, 0.4) is 0 Å². The number of fused-ring (bicyclic) bond motifs is 1. The first-order chi connectivity index (χ1) is 10.1. The van der Waals surface area contributed by atoms with Crippen LogP contribution in [0.2, 0.25) is 0 Å². The highest BCUT2D eigenvalue weighted by molar-refractivity contribution is 5.85. The summed E-state index contributed by atoms with van der Waals surface area (Å²) in [5.41, 5.74) is 0. The Morgan fingerprint density at radius 2 is 2.19 bits per heavy atom. The van der Waals surface area contributed by atoms with E-state index in [4.69, 9.17) is 0 Å². The lowest BCUT2D eigenvalue weighted by Crippen LogP contribution is -2.49. The van der Waals surface area contributed by atoms with Crippen molar-refractivity contribution < 1.29 is 9.59 Å². The third-order valence-electron chi connectivity index (χ3n) is 4.48. The van der Waals surface area contributed by atoms with Crippen molar-refractivity contribution in [2.75, 3.05) is 46.3 Å². The summed E-state index contributed by atoms with van der Waals surface area (Å²) in [6.45, 7) is 6.34. The van der Waals surface area contributed by atoms with E-state index in [1.54, 1.807) is 7.05 Å². The molecule has 2 aliphatic heterocycles. The Bertz CT molecular complexity index is 375. The molecule has 2 rings (SSSR count). The molecule has 2 aliphatic rings. The number of carbonyl (C=O) groups excluding carboxylic acids is 2. The molecule has 0 radical (unpaired) electrons. The summed E-state index contributed by atoms with van der Waals surface area (Å²) >= 11 is 0. The summed E-state index contributed by atoms with van der Waals surface area (Å²) in [6, 6.07) is 0.647. The highest BCUT2D eigenvalue weighted by atomic mass is 16.2. The monoisotopic (exact) mass is 296 g/mol. The fraction of sp³-hybridized carbons (Fsp3) is 0.867. The van der Waals surface area contributed by atoms with Gasteiger partial charge in [-0.2, -0.15) is 0 Å². The average Bonchev–Trinajstić information content (AvgIpc) is 2.92. The second-order valence-corrected chi connectivity index (χ2v) is 6.23. The van der Waals surface area contributed by atoms with Gasteiger partial charge in [0.1, 0.15) is 0 Å². The van der Waals surface area contributed by atoms with E-state index in [1.807, 2.05) is 6.92 Å². The molecule has 0 aromatic rings. The molecule has 0 spiro atoms. The predicted molar refractivity (Wildman–Crippen MR) is 81.9 cm³/mol. The number of rotatable bonds is 6. The van der Waals surface area contributed by atoms with Gasteiger partial charge in [0.25, 0.3) is 0 Å². The molecule has 6 heteroatoms. The van der Waals surface area contributed by atoms with Gasteiger partial charge in [0.05, 0.1) is 13.1 Å². The summed E-state index contributed by atoms with van der Waals surface area (Å²) in [7, 11) is 1.71. The molecule has 0 bridgehead atoms. The zero-order chi connectivity index (χ0) is 15.2. The Morgan fingerprint density at radius 1 is 1.38 bits per heavy atom. The van der Waals surface area contributed by atoms with Crippen LogP contribution >= 0.6 is 0 Å². The minimum Gasteiger partial charge on any atom is -0.355 e. The number of nitrogens with one attached hydrogen (secondary N) is 2. The lowest BCUT2D eigenvalue weighted by molar-refractivity contribution is -0.136. The van der Waals surface area contributed by atoms with Gasteiger partial charge in [-0.1, -0.05) is 6.92 Å². The van der Waals surface area contributed by atoms with E-state index in [0.29, 0.717) is 25.0 Å². The van der Waals surface area contributed by atoms with Crippen molar-refractivity contribution in [2.24, 2.45) is 5.92 Å². The third-order valence-corrected chi connectivity index (χ3v) is 4.48. The molecule has 2 amide bonds. The number of hydrogen-bond donors (Lipinski definition) is 2. The minimum atomic E-state index is -0.0774. The molecule has 120 valence electrons. The number of likely N-dealkylation sites (tertiary alicyclic amines) is 1. The zero-order valence-electron chi connectivity index (χ0n) is 13.2. The largest absolute Gasteiger partial charge is 0.355 e. The van der Waals surface area contributed by atoms with Crippen LogP contribution in [0.1, 0.15) is 26.2 Å². The van der Waals surface area contributed by atoms with Crippen LogP contribution < -0.4 is 10.6 Å². The van der Waals surface area contributed by atoms with Gasteiger partial charge in [-0.25, -0.2) is 0 Å². The van der Waals surface area contributed by atoms with Crippen molar-refractivity contribution >= 4 is 11.8 Å². The van der Waals surface area contributed by atoms with E-state index in [-0.39, 0.29) is 18.4 Å². The summed E-state index contributed by atoms with van der Waals surface area (Å²) in [5, 5.41) is 6.32. The van der Waals surface area contributed by atoms with Crippen molar-refractivity contribution in [2.45, 2.75) is 32.2 Å². The first-order valence-corrected chi connectivity index (χ1v) is 8.06. The van der Waals surface area contributed by atoms with Crippen LogP contribution in [0.5, 0.6) is 0 Å². The van der Waals surface area contributed by atoms with Crippen LogP contribution in [-0.2, 0) is 9.59 Å². The summed E-state index contributed by atoms with van der Waals surface area (Å²) in [4.78, 5) is 27.6.